The third-order valence-corrected chi connectivity index (χ3v) is 4.79. The maximum atomic E-state index is 9.57. The first-order valence-corrected chi connectivity index (χ1v) is 8.66. The van der Waals surface area contributed by atoms with Crippen LogP contribution in [0.25, 0.3) is 11.1 Å². The predicted octanol–water partition coefficient (Wildman–Crippen LogP) is 3.67. The van der Waals surface area contributed by atoms with Crippen LogP contribution in [-0.2, 0) is 6.54 Å². The molecule has 2 aromatic rings. The van der Waals surface area contributed by atoms with E-state index in [4.69, 9.17) is 0 Å². The van der Waals surface area contributed by atoms with Crippen molar-refractivity contribution in [2.24, 2.45) is 0 Å². The van der Waals surface area contributed by atoms with Crippen LogP contribution in [0.3, 0.4) is 0 Å². The number of nitriles is 1. The number of likely N-dealkylation sites (N-methyl/N-ethyl adjacent to an activating group) is 1. The van der Waals surface area contributed by atoms with Crippen molar-refractivity contribution in [1.82, 2.24) is 9.80 Å². The minimum Gasteiger partial charge on any atom is -0.305 e. The van der Waals surface area contributed by atoms with Crippen molar-refractivity contribution in [2.75, 3.05) is 33.2 Å². The zero-order valence-corrected chi connectivity index (χ0v) is 14.6. The van der Waals surface area contributed by atoms with Crippen LogP contribution in [0.5, 0.6) is 0 Å². The van der Waals surface area contributed by atoms with Gasteiger partial charge >= 0.3 is 0 Å². The van der Waals surface area contributed by atoms with Crippen LogP contribution in [0.2, 0.25) is 0 Å². The summed E-state index contributed by atoms with van der Waals surface area (Å²) in [5.74, 6) is 0. The molecule has 0 aliphatic carbocycles. The van der Waals surface area contributed by atoms with Gasteiger partial charge in [-0.3, -0.25) is 4.90 Å². The number of rotatable bonds is 3. The lowest BCUT2D eigenvalue weighted by atomic mass is 9.97. The molecule has 1 aliphatic heterocycles. The molecule has 0 bridgehead atoms. The molecule has 3 rings (SSSR count). The summed E-state index contributed by atoms with van der Waals surface area (Å²) in [5.41, 5.74) is 5.37. The first-order valence-electron chi connectivity index (χ1n) is 8.66. The van der Waals surface area contributed by atoms with Gasteiger partial charge in [0, 0.05) is 19.6 Å². The Morgan fingerprint density at radius 3 is 2.54 bits per heavy atom. The molecular weight excluding hydrogens is 294 g/mol. The fourth-order valence-corrected chi connectivity index (χ4v) is 3.28. The van der Waals surface area contributed by atoms with Crippen LogP contribution in [0.15, 0.2) is 42.5 Å². The summed E-state index contributed by atoms with van der Waals surface area (Å²) in [4.78, 5) is 4.88. The zero-order chi connectivity index (χ0) is 16.9. The van der Waals surface area contributed by atoms with E-state index >= 15 is 0 Å². The molecule has 124 valence electrons. The minimum atomic E-state index is 0.767. The van der Waals surface area contributed by atoms with Crippen molar-refractivity contribution in [2.45, 2.75) is 19.9 Å². The second kappa shape index (κ2) is 7.61. The predicted molar refractivity (Wildman–Crippen MR) is 98.7 cm³/mol. The van der Waals surface area contributed by atoms with Gasteiger partial charge in [0.1, 0.15) is 0 Å². The number of benzene rings is 2. The van der Waals surface area contributed by atoms with E-state index in [2.05, 4.69) is 72.3 Å². The van der Waals surface area contributed by atoms with E-state index < -0.39 is 0 Å². The lowest BCUT2D eigenvalue weighted by molar-refractivity contribution is 0.269. The Bertz CT molecular complexity index is 728. The molecule has 1 fully saturated rings. The van der Waals surface area contributed by atoms with Gasteiger partial charge in [-0.05, 0) is 56.2 Å². The van der Waals surface area contributed by atoms with E-state index in [9.17, 15) is 5.26 Å². The van der Waals surface area contributed by atoms with Gasteiger partial charge in [0.2, 0.25) is 0 Å². The van der Waals surface area contributed by atoms with Crippen LogP contribution < -0.4 is 0 Å². The normalized spacial score (nSPS) is 16.5. The number of hydrogen-bond acceptors (Lipinski definition) is 3. The molecule has 0 aromatic heterocycles. The third kappa shape index (κ3) is 4.03. The molecule has 1 saturated heterocycles. The zero-order valence-electron chi connectivity index (χ0n) is 14.6. The Labute approximate surface area is 145 Å². The molecular formula is C21H25N3. The molecule has 3 nitrogen and oxygen atoms in total. The fraction of sp³-hybridized carbons (Fsp3) is 0.381. The summed E-state index contributed by atoms with van der Waals surface area (Å²) in [7, 11) is 2.19. The van der Waals surface area contributed by atoms with Gasteiger partial charge in [-0.1, -0.05) is 42.0 Å². The topological polar surface area (TPSA) is 30.3 Å². The van der Waals surface area contributed by atoms with Crippen molar-refractivity contribution >= 4 is 0 Å². The molecule has 0 unspecified atom stereocenters. The third-order valence-electron chi connectivity index (χ3n) is 4.79. The number of nitrogens with zero attached hydrogens (tertiary/aromatic N) is 3. The molecule has 0 radical (unpaired) electrons. The Morgan fingerprint density at radius 2 is 1.79 bits per heavy atom. The van der Waals surface area contributed by atoms with Crippen LogP contribution in [0.1, 0.15) is 23.1 Å². The molecule has 0 spiro atoms. The lowest BCUT2D eigenvalue weighted by Gasteiger charge is -2.20. The summed E-state index contributed by atoms with van der Waals surface area (Å²) in [5, 5.41) is 9.57. The van der Waals surface area contributed by atoms with Crippen LogP contribution >= 0.6 is 0 Å². The Morgan fingerprint density at radius 1 is 1.00 bits per heavy atom. The van der Waals surface area contributed by atoms with Crippen molar-refractivity contribution in [1.29, 1.82) is 5.26 Å². The van der Waals surface area contributed by atoms with Crippen LogP contribution in [0.4, 0.5) is 0 Å². The SMILES string of the molecule is Cc1ccc(-c2ccc(CN3CCCN(C)CC3)cc2C#N)cc1. The van der Waals surface area contributed by atoms with Gasteiger partial charge in [-0.2, -0.15) is 5.26 Å². The summed E-state index contributed by atoms with van der Waals surface area (Å²) in [6.45, 7) is 7.52. The van der Waals surface area contributed by atoms with E-state index in [-0.39, 0.29) is 0 Å². The van der Waals surface area contributed by atoms with Gasteiger partial charge < -0.3 is 4.90 Å². The quantitative estimate of drug-likeness (QED) is 0.865. The van der Waals surface area contributed by atoms with Gasteiger partial charge in [-0.25, -0.2) is 0 Å². The van der Waals surface area contributed by atoms with Gasteiger partial charge in [0.25, 0.3) is 0 Å². The monoisotopic (exact) mass is 319 g/mol. The molecule has 0 amide bonds. The van der Waals surface area contributed by atoms with Crippen molar-refractivity contribution in [3.05, 3.63) is 59.2 Å². The first-order chi connectivity index (χ1) is 11.7. The maximum Gasteiger partial charge on any atom is 0.0998 e. The Balaban J connectivity index is 1.79. The highest BCUT2D eigenvalue weighted by atomic mass is 15.2. The Hall–Kier alpha value is -2.15. The summed E-state index contributed by atoms with van der Waals surface area (Å²) in [6.07, 6.45) is 1.21. The van der Waals surface area contributed by atoms with E-state index in [1.807, 2.05) is 0 Å². The van der Waals surface area contributed by atoms with E-state index in [1.54, 1.807) is 0 Å². The molecule has 2 aromatic carbocycles. The number of hydrogen-bond donors (Lipinski definition) is 0. The highest BCUT2D eigenvalue weighted by molar-refractivity contribution is 5.71. The smallest absolute Gasteiger partial charge is 0.0998 e. The maximum absolute atomic E-state index is 9.57. The van der Waals surface area contributed by atoms with Gasteiger partial charge in [0.15, 0.2) is 0 Å². The summed E-state index contributed by atoms with van der Waals surface area (Å²) < 4.78 is 0. The molecule has 0 saturated carbocycles. The average molecular weight is 319 g/mol. The van der Waals surface area contributed by atoms with Gasteiger partial charge in [-0.15, -0.1) is 0 Å². The second-order valence-corrected chi connectivity index (χ2v) is 6.79. The van der Waals surface area contributed by atoms with Crippen molar-refractivity contribution in [3.63, 3.8) is 0 Å². The lowest BCUT2D eigenvalue weighted by Crippen LogP contribution is -2.28. The second-order valence-electron chi connectivity index (χ2n) is 6.79. The minimum absolute atomic E-state index is 0.767. The average Bonchev–Trinajstić information content (AvgIpc) is 2.80. The summed E-state index contributed by atoms with van der Waals surface area (Å²) >= 11 is 0. The molecule has 0 N–H and O–H groups in total. The highest BCUT2D eigenvalue weighted by Gasteiger charge is 2.13. The van der Waals surface area contributed by atoms with Crippen LogP contribution in [0, 0.1) is 18.3 Å². The van der Waals surface area contributed by atoms with E-state index in [1.165, 1.54) is 24.1 Å². The van der Waals surface area contributed by atoms with E-state index in [0.717, 1.165) is 42.9 Å². The Kier molecular flexibility index (Phi) is 5.30. The number of aryl methyl sites for hydroxylation is 1. The fourth-order valence-electron chi connectivity index (χ4n) is 3.28. The molecule has 1 heterocycles. The molecule has 24 heavy (non-hydrogen) atoms. The highest BCUT2D eigenvalue weighted by Crippen LogP contribution is 2.25. The standard InChI is InChI=1S/C21H25N3/c1-17-4-7-19(8-5-17)21-9-6-18(14-20(21)15-22)16-24-11-3-10-23(2)12-13-24/h4-9,14H,3,10-13,16H2,1-2H3. The largest absolute Gasteiger partial charge is 0.305 e. The summed E-state index contributed by atoms with van der Waals surface area (Å²) in [6, 6.07) is 17.1. The van der Waals surface area contributed by atoms with Crippen molar-refractivity contribution in [3.8, 4) is 17.2 Å². The van der Waals surface area contributed by atoms with Crippen LogP contribution in [-0.4, -0.2) is 43.0 Å². The van der Waals surface area contributed by atoms with Gasteiger partial charge in [0.05, 0.1) is 11.6 Å². The molecule has 0 atom stereocenters. The first kappa shape index (κ1) is 16.7. The van der Waals surface area contributed by atoms with Crippen molar-refractivity contribution < 1.29 is 0 Å². The molecule has 3 heteroatoms. The van der Waals surface area contributed by atoms with E-state index in [0.29, 0.717) is 0 Å². The molecule has 1 aliphatic rings.